The zero-order chi connectivity index (χ0) is 13.9. The Morgan fingerprint density at radius 2 is 2.05 bits per heavy atom. The summed E-state index contributed by atoms with van der Waals surface area (Å²) in [6.07, 6.45) is 8.83. The number of hydrogen-bond donors (Lipinski definition) is 2. The second kappa shape index (κ2) is 6.76. The van der Waals surface area contributed by atoms with E-state index < -0.39 is 0 Å². The van der Waals surface area contributed by atoms with Gasteiger partial charge in [0.2, 0.25) is 0 Å². The Labute approximate surface area is 124 Å². The van der Waals surface area contributed by atoms with Crippen LogP contribution in [0.1, 0.15) is 51.9 Å². The number of hydrogen-bond acceptors (Lipinski definition) is 3. The highest BCUT2D eigenvalue weighted by Gasteiger charge is 2.39. The van der Waals surface area contributed by atoms with Crippen LogP contribution < -0.4 is 5.32 Å². The fraction of sp³-hybridized carbons (Fsp3) is 1.00. The summed E-state index contributed by atoms with van der Waals surface area (Å²) in [7, 11) is 0. The highest BCUT2D eigenvalue weighted by atomic mass is 16.3. The largest absolute Gasteiger partial charge is 0.393 e. The molecule has 5 atom stereocenters. The van der Waals surface area contributed by atoms with Crippen molar-refractivity contribution in [2.45, 2.75) is 64.0 Å². The van der Waals surface area contributed by atoms with Crippen LogP contribution in [-0.4, -0.2) is 48.3 Å². The Kier molecular flexibility index (Phi) is 5.00. The first-order chi connectivity index (χ1) is 9.74. The van der Waals surface area contributed by atoms with Gasteiger partial charge in [0.1, 0.15) is 0 Å². The molecule has 5 unspecified atom stereocenters. The van der Waals surface area contributed by atoms with Crippen molar-refractivity contribution in [3.05, 3.63) is 0 Å². The summed E-state index contributed by atoms with van der Waals surface area (Å²) in [6.45, 7) is 7.29. The molecule has 3 nitrogen and oxygen atoms in total. The third kappa shape index (κ3) is 3.37. The number of piperidine rings is 1. The van der Waals surface area contributed by atoms with Gasteiger partial charge in [0.25, 0.3) is 0 Å². The van der Waals surface area contributed by atoms with Crippen LogP contribution in [-0.2, 0) is 0 Å². The van der Waals surface area contributed by atoms with Gasteiger partial charge in [-0.2, -0.15) is 0 Å². The highest BCUT2D eigenvalue weighted by molar-refractivity contribution is 4.92. The molecule has 3 heteroatoms. The average molecular weight is 280 g/mol. The lowest BCUT2D eigenvalue weighted by molar-refractivity contribution is 0.00340. The molecule has 0 amide bonds. The van der Waals surface area contributed by atoms with E-state index in [2.05, 4.69) is 17.1 Å². The van der Waals surface area contributed by atoms with Crippen molar-refractivity contribution in [2.75, 3.05) is 26.2 Å². The van der Waals surface area contributed by atoms with Crippen LogP contribution in [0.5, 0.6) is 0 Å². The number of rotatable bonds is 3. The standard InChI is InChI=1S/C17H32N2O/c1-13-6-7-17(20)15(10-13)16-5-3-9-19(16)12-14-4-2-8-18-11-14/h13-18,20H,2-12H2,1H3. The minimum Gasteiger partial charge on any atom is -0.393 e. The molecule has 0 aromatic carbocycles. The van der Waals surface area contributed by atoms with E-state index >= 15 is 0 Å². The summed E-state index contributed by atoms with van der Waals surface area (Å²) < 4.78 is 0. The maximum atomic E-state index is 10.4. The Bertz CT molecular complexity index is 303. The topological polar surface area (TPSA) is 35.5 Å². The van der Waals surface area contributed by atoms with Gasteiger partial charge in [-0.3, -0.25) is 4.90 Å². The van der Waals surface area contributed by atoms with Gasteiger partial charge in [-0.25, -0.2) is 0 Å². The van der Waals surface area contributed by atoms with Crippen molar-refractivity contribution in [1.82, 2.24) is 10.2 Å². The van der Waals surface area contributed by atoms with Crippen molar-refractivity contribution in [1.29, 1.82) is 0 Å². The third-order valence-electron chi connectivity index (χ3n) is 5.92. The lowest BCUT2D eigenvalue weighted by atomic mass is 9.76. The second-order valence-electron chi connectivity index (χ2n) is 7.57. The molecule has 3 aliphatic rings. The molecule has 0 aromatic heterocycles. The molecule has 3 rings (SSSR count). The second-order valence-corrected chi connectivity index (χ2v) is 7.57. The molecule has 2 heterocycles. The fourth-order valence-electron chi connectivity index (χ4n) is 4.80. The van der Waals surface area contributed by atoms with Crippen molar-refractivity contribution < 1.29 is 5.11 Å². The normalized spacial score (nSPS) is 43.8. The molecular weight excluding hydrogens is 248 g/mol. The van der Waals surface area contributed by atoms with Gasteiger partial charge >= 0.3 is 0 Å². The summed E-state index contributed by atoms with van der Waals surface area (Å²) >= 11 is 0. The summed E-state index contributed by atoms with van der Waals surface area (Å²) in [4.78, 5) is 2.73. The lowest BCUT2D eigenvalue weighted by Gasteiger charge is -2.40. The van der Waals surface area contributed by atoms with E-state index in [0.717, 1.165) is 18.3 Å². The monoisotopic (exact) mass is 280 g/mol. The first-order valence-electron chi connectivity index (χ1n) is 8.87. The molecular formula is C17H32N2O. The van der Waals surface area contributed by atoms with Crippen LogP contribution in [0.25, 0.3) is 0 Å². The smallest absolute Gasteiger partial charge is 0.0583 e. The molecule has 2 aliphatic heterocycles. The van der Waals surface area contributed by atoms with E-state index in [0.29, 0.717) is 12.0 Å². The Morgan fingerprint density at radius 1 is 1.15 bits per heavy atom. The van der Waals surface area contributed by atoms with Crippen LogP contribution in [0.3, 0.4) is 0 Å². The van der Waals surface area contributed by atoms with E-state index in [1.807, 2.05) is 0 Å². The summed E-state index contributed by atoms with van der Waals surface area (Å²) in [5, 5.41) is 14.0. The van der Waals surface area contributed by atoms with Gasteiger partial charge in [-0.05, 0) is 76.4 Å². The van der Waals surface area contributed by atoms with Crippen LogP contribution in [0.4, 0.5) is 0 Å². The lowest BCUT2D eigenvalue weighted by Crippen LogP contribution is -2.47. The van der Waals surface area contributed by atoms with Gasteiger partial charge in [0.15, 0.2) is 0 Å². The van der Waals surface area contributed by atoms with Crippen LogP contribution in [0, 0.1) is 17.8 Å². The van der Waals surface area contributed by atoms with Crippen molar-refractivity contribution in [2.24, 2.45) is 17.8 Å². The van der Waals surface area contributed by atoms with E-state index in [1.54, 1.807) is 0 Å². The molecule has 0 aromatic rings. The van der Waals surface area contributed by atoms with Gasteiger partial charge in [-0.15, -0.1) is 0 Å². The average Bonchev–Trinajstić information content (AvgIpc) is 2.91. The number of nitrogens with zero attached hydrogens (tertiary/aromatic N) is 1. The highest BCUT2D eigenvalue weighted by Crippen LogP contribution is 2.37. The maximum Gasteiger partial charge on any atom is 0.0583 e. The van der Waals surface area contributed by atoms with E-state index in [-0.39, 0.29) is 6.10 Å². The zero-order valence-electron chi connectivity index (χ0n) is 13.1. The summed E-state index contributed by atoms with van der Waals surface area (Å²) in [5.74, 6) is 2.18. The molecule has 1 saturated carbocycles. The number of likely N-dealkylation sites (tertiary alicyclic amines) is 1. The van der Waals surface area contributed by atoms with Crippen molar-refractivity contribution in [3.8, 4) is 0 Å². The number of aliphatic hydroxyl groups excluding tert-OH is 1. The predicted molar refractivity (Wildman–Crippen MR) is 82.7 cm³/mol. The SMILES string of the molecule is CC1CCC(O)C(C2CCCN2CC2CCCNC2)C1. The molecule has 2 saturated heterocycles. The predicted octanol–water partition coefficient (Wildman–Crippen LogP) is 2.25. The van der Waals surface area contributed by atoms with Crippen LogP contribution in [0.15, 0.2) is 0 Å². The summed E-state index contributed by atoms with van der Waals surface area (Å²) in [6, 6.07) is 0.662. The van der Waals surface area contributed by atoms with Crippen molar-refractivity contribution >= 4 is 0 Å². The van der Waals surface area contributed by atoms with Gasteiger partial charge in [-0.1, -0.05) is 6.92 Å². The molecule has 3 fully saturated rings. The fourth-order valence-corrected chi connectivity index (χ4v) is 4.80. The first-order valence-corrected chi connectivity index (χ1v) is 8.87. The van der Waals surface area contributed by atoms with Gasteiger partial charge < -0.3 is 10.4 Å². The van der Waals surface area contributed by atoms with E-state index in [4.69, 9.17) is 0 Å². The molecule has 20 heavy (non-hydrogen) atoms. The third-order valence-corrected chi connectivity index (χ3v) is 5.92. The Morgan fingerprint density at radius 3 is 2.85 bits per heavy atom. The molecule has 2 N–H and O–H groups in total. The van der Waals surface area contributed by atoms with E-state index in [9.17, 15) is 5.11 Å². The zero-order valence-corrected chi connectivity index (χ0v) is 13.1. The quantitative estimate of drug-likeness (QED) is 0.832. The summed E-state index contributed by atoms with van der Waals surface area (Å²) in [5.41, 5.74) is 0. The Hall–Kier alpha value is -0.120. The number of aliphatic hydroxyl groups is 1. The van der Waals surface area contributed by atoms with E-state index in [1.165, 1.54) is 64.7 Å². The van der Waals surface area contributed by atoms with Crippen LogP contribution in [0.2, 0.25) is 0 Å². The first kappa shape index (κ1) is 14.8. The number of nitrogens with one attached hydrogen (secondary N) is 1. The molecule has 0 radical (unpaired) electrons. The minimum atomic E-state index is -0.0405. The van der Waals surface area contributed by atoms with Crippen molar-refractivity contribution in [3.63, 3.8) is 0 Å². The molecule has 0 spiro atoms. The molecule has 0 bridgehead atoms. The van der Waals surface area contributed by atoms with Crippen LogP contribution >= 0.6 is 0 Å². The maximum absolute atomic E-state index is 10.4. The van der Waals surface area contributed by atoms with Gasteiger partial charge in [0, 0.05) is 18.5 Å². The minimum absolute atomic E-state index is 0.0405. The molecule has 116 valence electrons. The Balaban J connectivity index is 1.59. The van der Waals surface area contributed by atoms with Gasteiger partial charge in [0.05, 0.1) is 6.10 Å². The molecule has 1 aliphatic carbocycles.